The van der Waals surface area contributed by atoms with E-state index in [9.17, 15) is 4.79 Å². The van der Waals surface area contributed by atoms with Gasteiger partial charge in [0.25, 0.3) is 0 Å². The maximum absolute atomic E-state index is 10.9. The summed E-state index contributed by atoms with van der Waals surface area (Å²) in [5.41, 5.74) is 7.10. The Kier molecular flexibility index (Phi) is 3.50. The largest absolute Gasteiger partial charge is 0.489 e. The van der Waals surface area contributed by atoms with E-state index in [0.717, 1.165) is 5.56 Å². The number of thiophene rings is 1. The Labute approximate surface area is 125 Å². The Hall–Kier alpha value is -2.53. The second-order valence-electron chi connectivity index (χ2n) is 4.60. The number of anilines is 1. The molecular weight excluding hydrogens is 286 g/mol. The van der Waals surface area contributed by atoms with Crippen LogP contribution in [0.15, 0.2) is 47.8 Å². The lowest BCUT2D eigenvalue weighted by Gasteiger charge is -2.08. The number of nitrogens with two attached hydrogens (primary N) is 1. The molecule has 0 amide bonds. The first-order chi connectivity index (χ1) is 10.1. The summed E-state index contributed by atoms with van der Waals surface area (Å²) < 4.78 is 6.93. The van der Waals surface area contributed by atoms with Gasteiger partial charge in [-0.15, -0.1) is 11.3 Å². The molecule has 3 rings (SSSR count). The lowest BCUT2D eigenvalue weighted by molar-refractivity contribution is 0.0698. The first-order valence-corrected chi connectivity index (χ1v) is 7.24. The van der Waals surface area contributed by atoms with Crippen molar-refractivity contribution in [2.75, 3.05) is 5.73 Å². The number of ether oxygens (including phenoxy) is 1. The molecule has 0 atom stereocenters. The minimum atomic E-state index is -1.04. The van der Waals surface area contributed by atoms with Crippen molar-refractivity contribution in [3.8, 4) is 5.75 Å². The van der Waals surface area contributed by atoms with Crippen LogP contribution in [0.1, 0.15) is 15.9 Å². The molecule has 1 heterocycles. The number of fused-ring (bicyclic) bond motifs is 1. The van der Waals surface area contributed by atoms with Crippen molar-refractivity contribution in [3.63, 3.8) is 0 Å². The molecule has 0 spiro atoms. The van der Waals surface area contributed by atoms with Gasteiger partial charge in [0.05, 0.1) is 5.56 Å². The van der Waals surface area contributed by atoms with Gasteiger partial charge in [-0.3, -0.25) is 0 Å². The van der Waals surface area contributed by atoms with Crippen molar-refractivity contribution < 1.29 is 14.6 Å². The molecule has 21 heavy (non-hydrogen) atoms. The topological polar surface area (TPSA) is 72.5 Å². The molecular formula is C16H13NO3S. The molecule has 4 nitrogen and oxygen atoms in total. The van der Waals surface area contributed by atoms with Crippen LogP contribution in [0.25, 0.3) is 10.1 Å². The third-order valence-electron chi connectivity index (χ3n) is 3.21. The summed E-state index contributed by atoms with van der Waals surface area (Å²) in [5, 5.41) is 12.2. The first-order valence-electron chi connectivity index (χ1n) is 6.36. The van der Waals surface area contributed by atoms with Gasteiger partial charge < -0.3 is 15.6 Å². The minimum Gasteiger partial charge on any atom is -0.489 e. The maximum Gasteiger partial charge on any atom is 0.337 e. The van der Waals surface area contributed by atoms with E-state index in [2.05, 4.69) is 17.5 Å². The third kappa shape index (κ3) is 2.68. The van der Waals surface area contributed by atoms with E-state index >= 15 is 0 Å². The van der Waals surface area contributed by atoms with Crippen LogP contribution in [0.4, 0.5) is 5.69 Å². The summed E-state index contributed by atoms with van der Waals surface area (Å²) in [6.45, 7) is 0.426. The number of hydrogen-bond donors (Lipinski definition) is 2. The number of hydrogen-bond acceptors (Lipinski definition) is 4. The average Bonchev–Trinajstić information content (AvgIpc) is 2.88. The van der Waals surface area contributed by atoms with Crippen molar-refractivity contribution in [1.29, 1.82) is 0 Å². The van der Waals surface area contributed by atoms with Crippen molar-refractivity contribution in [2.24, 2.45) is 0 Å². The third-order valence-corrected chi connectivity index (χ3v) is 4.22. The maximum atomic E-state index is 10.9. The molecule has 0 radical (unpaired) electrons. The molecule has 3 N–H and O–H groups in total. The van der Waals surface area contributed by atoms with Crippen LogP contribution in [0.5, 0.6) is 5.75 Å². The monoisotopic (exact) mass is 299 g/mol. The van der Waals surface area contributed by atoms with E-state index in [-0.39, 0.29) is 11.3 Å². The number of carbonyl (C=O) groups is 1. The Bertz CT molecular complexity index is 810. The van der Waals surface area contributed by atoms with E-state index < -0.39 is 5.97 Å². The fourth-order valence-corrected chi connectivity index (χ4v) is 3.08. The predicted octanol–water partition coefficient (Wildman–Crippen LogP) is 3.76. The summed E-state index contributed by atoms with van der Waals surface area (Å²) in [6, 6.07) is 12.8. The highest BCUT2D eigenvalue weighted by Crippen LogP contribution is 2.27. The van der Waals surface area contributed by atoms with Crippen LogP contribution in [0.2, 0.25) is 0 Å². The highest BCUT2D eigenvalue weighted by Gasteiger charge is 2.09. The number of rotatable bonds is 4. The summed E-state index contributed by atoms with van der Waals surface area (Å²) in [7, 11) is 0. The van der Waals surface area contributed by atoms with E-state index in [1.165, 1.54) is 22.2 Å². The standard InChI is InChI=1S/C16H13NO3S/c17-14-7-11(5-6-13(14)16(18)19)20-8-10-9-21-15-4-2-1-3-12(10)15/h1-7,9H,8,17H2,(H,18,19). The summed E-state index contributed by atoms with van der Waals surface area (Å²) in [5.74, 6) is -0.476. The molecule has 0 saturated carbocycles. The fraction of sp³-hybridized carbons (Fsp3) is 0.0625. The molecule has 1 aromatic heterocycles. The van der Waals surface area contributed by atoms with Gasteiger partial charge in [-0.05, 0) is 29.0 Å². The summed E-state index contributed by atoms with van der Waals surface area (Å²) in [6.07, 6.45) is 0. The molecule has 0 bridgehead atoms. The summed E-state index contributed by atoms with van der Waals surface area (Å²) in [4.78, 5) is 10.9. The quantitative estimate of drug-likeness (QED) is 0.719. The molecule has 0 unspecified atom stereocenters. The molecule has 0 fully saturated rings. The van der Waals surface area contributed by atoms with Crippen LogP contribution >= 0.6 is 11.3 Å². The van der Waals surface area contributed by atoms with Crippen LogP contribution in [-0.2, 0) is 6.61 Å². The highest BCUT2D eigenvalue weighted by atomic mass is 32.1. The smallest absolute Gasteiger partial charge is 0.337 e. The Morgan fingerprint density at radius 1 is 1.24 bits per heavy atom. The Morgan fingerprint density at radius 2 is 2.05 bits per heavy atom. The summed E-state index contributed by atoms with van der Waals surface area (Å²) >= 11 is 1.68. The molecule has 3 aromatic rings. The van der Waals surface area contributed by atoms with Gasteiger partial charge in [-0.25, -0.2) is 4.79 Å². The molecule has 0 aliphatic rings. The number of aromatic carboxylic acids is 1. The van der Waals surface area contributed by atoms with E-state index in [4.69, 9.17) is 15.6 Å². The van der Waals surface area contributed by atoms with Gasteiger partial charge in [0.2, 0.25) is 0 Å². The van der Waals surface area contributed by atoms with E-state index in [0.29, 0.717) is 12.4 Å². The molecule has 5 heteroatoms. The first kappa shape index (κ1) is 13.5. The van der Waals surface area contributed by atoms with Crippen LogP contribution in [-0.4, -0.2) is 11.1 Å². The highest BCUT2D eigenvalue weighted by molar-refractivity contribution is 7.17. The van der Waals surface area contributed by atoms with Crippen molar-refractivity contribution in [3.05, 3.63) is 59.0 Å². The zero-order valence-electron chi connectivity index (χ0n) is 11.1. The van der Waals surface area contributed by atoms with Gasteiger partial charge in [0.15, 0.2) is 0 Å². The van der Waals surface area contributed by atoms with Gasteiger partial charge in [-0.2, -0.15) is 0 Å². The second-order valence-corrected chi connectivity index (χ2v) is 5.51. The SMILES string of the molecule is Nc1cc(OCc2csc3ccccc23)ccc1C(=O)O. The van der Waals surface area contributed by atoms with Gasteiger partial charge >= 0.3 is 5.97 Å². The zero-order valence-corrected chi connectivity index (χ0v) is 11.9. The second kappa shape index (κ2) is 5.46. The van der Waals surface area contributed by atoms with E-state index in [1.807, 2.05) is 12.1 Å². The molecule has 0 aliphatic carbocycles. The molecule has 106 valence electrons. The zero-order chi connectivity index (χ0) is 14.8. The van der Waals surface area contributed by atoms with Crippen molar-refractivity contribution in [1.82, 2.24) is 0 Å². The van der Waals surface area contributed by atoms with Gasteiger partial charge in [0.1, 0.15) is 12.4 Å². The fourth-order valence-electron chi connectivity index (χ4n) is 2.13. The average molecular weight is 299 g/mol. The Balaban J connectivity index is 1.79. The van der Waals surface area contributed by atoms with Crippen LogP contribution in [0, 0.1) is 0 Å². The Morgan fingerprint density at radius 3 is 2.81 bits per heavy atom. The van der Waals surface area contributed by atoms with Gasteiger partial charge in [0, 0.05) is 22.0 Å². The lowest BCUT2D eigenvalue weighted by Crippen LogP contribution is -2.03. The van der Waals surface area contributed by atoms with Gasteiger partial charge in [-0.1, -0.05) is 18.2 Å². The lowest BCUT2D eigenvalue weighted by atomic mass is 10.1. The molecule has 2 aromatic carbocycles. The number of carboxylic acid groups (broad SMARTS) is 1. The number of nitrogen functional groups attached to an aromatic ring is 1. The molecule has 0 aliphatic heterocycles. The normalized spacial score (nSPS) is 10.7. The predicted molar refractivity (Wildman–Crippen MR) is 84.0 cm³/mol. The number of benzene rings is 2. The minimum absolute atomic E-state index is 0.0864. The van der Waals surface area contributed by atoms with E-state index in [1.54, 1.807) is 17.4 Å². The van der Waals surface area contributed by atoms with Crippen LogP contribution in [0.3, 0.4) is 0 Å². The number of carboxylic acids is 1. The van der Waals surface area contributed by atoms with Crippen molar-refractivity contribution >= 4 is 33.1 Å². The van der Waals surface area contributed by atoms with Crippen LogP contribution < -0.4 is 10.5 Å². The van der Waals surface area contributed by atoms with Crippen molar-refractivity contribution in [2.45, 2.75) is 6.61 Å². The molecule has 0 saturated heterocycles.